The van der Waals surface area contributed by atoms with E-state index in [0.717, 1.165) is 0 Å². The summed E-state index contributed by atoms with van der Waals surface area (Å²) < 4.78 is 38.0. The van der Waals surface area contributed by atoms with Gasteiger partial charge in [-0.1, -0.05) is 16.8 Å². The number of hydrogen-bond donors (Lipinski definition) is 1. The van der Waals surface area contributed by atoms with Gasteiger partial charge in [-0.3, -0.25) is 4.79 Å². The molecule has 0 unspecified atom stereocenters. The summed E-state index contributed by atoms with van der Waals surface area (Å²) in [4.78, 5) is 16.8. The number of halogens is 1. The number of methoxy groups -OCH3 is 1. The van der Waals surface area contributed by atoms with Crippen LogP contribution in [-0.4, -0.2) is 49.0 Å². The van der Waals surface area contributed by atoms with Gasteiger partial charge < -0.3 is 14.6 Å². The van der Waals surface area contributed by atoms with Crippen LogP contribution < -0.4 is 10.1 Å². The Kier molecular flexibility index (Phi) is 6.68. The van der Waals surface area contributed by atoms with Crippen LogP contribution in [0.4, 0.5) is 5.69 Å². The first-order valence-electron chi connectivity index (χ1n) is 10.3. The molecule has 0 atom stereocenters. The monoisotopic (exact) mass is 490 g/mol. The van der Waals surface area contributed by atoms with Gasteiger partial charge in [0.15, 0.2) is 0 Å². The van der Waals surface area contributed by atoms with E-state index in [1.165, 1.54) is 16.4 Å². The number of aryl methyl sites for hydroxylation is 1. The van der Waals surface area contributed by atoms with Gasteiger partial charge in [0, 0.05) is 37.2 Å². The number of hydrogen-bond acceptors (Lipinski definition) is 7. The predicted octanol–water partition coefficient (Wildman–Crippen LogP) is 3.75. The molecule has 1 aliphatic rings. The average Bonchev–Trinajstić information content (AvgIpc) is 3.26. The first-order valence-corrected chi connectivity index (χ1v) is 12.1. The van der Waals surface area contributed by atoms with Gasteiger partial charge in [-0.25, -0.2) is 8.42 Å². The lowest BCUT2D eigenvalue weighted by molar-refractivity contribution is -0.120. The molecule has 0 aliphatic carbocycles. The van der Waals surface area contributed by atoms with Crippen molar-refractivity contribution in [3.8, 4) is 17.1 Å². The van der Waals surface area contributed by atoms with Crippen molar-refractivity contribution in [3.63, 3.8) is 0 Å². The normalized spacial score (nSPS) is 15.4. The summed E-state index contributed by atoms with van der Waals surface area (Å²) >= 11 is 6.24. The van der Waals surface area contributed by atoms with Crippen LogP contribution in [0.2, 0.25) is 5.02 Å². The lowest BCUT2D eigenvalue weighted by atomic mass is 9.97. The maximum Gasteiger partial charge on any atom is 0.244 e. The fraction of sp³-hybridized carbons (Fsp3) is 0.318. The molecule has 2 aromatic carbocycles. The van der Waals surface area contributed by atoms with Crippen molar-refractivity contribution in [2.45, 2.75) is 24.7 Å². The summed E-state index contributed by atoms with van der Waals surface area (Å²) in [6, 6.07) is 11.6. The summed E-state index contributed by atoms with van der Waals surface area (Å²) in [7, 11) is -2.29. The number of piperidine rings is 1. The van der Waals surface area contributed by atoms with Crippen LogP contribution in [0.3, 0.4) is 0 Å². The Bertz CT molecular complexity index is 1250. The van der Waals surface area contributed by atoms with Gasteiger partial charge in [0.25, 0.3) is 0 Å². The number of nitrogens with one attached hydrogen (secondary N) is 1. The summed E-state index contributed by atoms with van der Waals surface area (Å²) in [6.07, 6.45) is 0.811. The summed E-state index contributed by atoms with van der Waals surface area (Å²) in [5, 5.41) is 6.82. The zero-order valence-corrected chi connectivity index (χ0v) is 19.7. The van der Waals surface area contributed by atoms with Gasteiger partial charge >= 0.3 is 0 Å². The molecular weight excluding hydrogens is 468 g/mol. The number of amides is 1. The quantitative estimate of drug-likeness (QED) is 0.559. The maximum atomic E-state index is 13.3. The molecule has 0 radical (unpaired) electrons. The van der Waals surface area contributed by atoms with Crippen LogP contribution in [0.25, 0.3) is 11.4 Å². The molecule has 1 N–H and O–H groups in total. The second-order valence-electron chi connectivity index (χ2n) is 7.68. The van der Waals surface area contributed by atoms with Crippen LogP contribution in [-0.2, 0) is 14.8 Å². The molecule has 0 bridgehead atoms. The largest absolute Gasteiger partial charge is 0.497 e. The molecule has 33 heavy (non-hydrogen) atoms. The smallest absolute Gasteiger partial charge is 0.244 e. The Morgan fingerprint density at radius 2 is 1.88 bits per heavy atom. The standard InChI is InChI=1S/C22H23ClN4O5S/c1-14-24-21(26-32-14)16-3-8-19(23)20(13-16)33(29,30)27-11-9-15(10-12-27)22(28)25-17-4-6-18(31-2)7-5-17/h3-8,13,15H,9-12H2,1-2H3,(H,25,28). The molecule has 9 nitrogen and oxygen atoms in total. The topological polar surface area (TPSA) is 115 Å². The number of nitrogens with zero attached hydrogens (tertiary/aromatic N) is 3. The molecular formula is C22H23ClN4O5S. The minimum Gasteiger partial charge on any atom is -0.497 e. The molecule has 11 heteroatoms. The average molecular weight is 491 g/mol. The molecule has 1 aliphatic heterocycles. The molecule has 0 saturated carbocycles. The lowest BCUT2D eigenvalue weighted by Crippen LogP contribution is -2.41. The number of sulfonamides is 1. The summed E-state index contributed by atoms with van der Waals surface area (Å²) in [5.41, 5.74) is 1.15. The van der Waals surface area contributed by atoms with E-state index >= 15 is 0 Å². The van der Waals surface area contributed by atoms with E-state index in [2.05, 4.69) is 15.5 Å². The van der Waals surface area contributed by atoms with E-state index in [1.54, 1.807) is 44.4 Å². The number of benzene rings is 2. The van der Waals surface area contributed by atoms with Crippen molar-refractivity contribution in [1.29, 1.82) is 0 Å². The van der Waals surface area contributed by atoms with Crippen molar-refractivity contribution < 1.29 is 22.5 Å². The van der Waals surface area contributed by atoms with Gasteiger partial charge in [0.2, 0.25) is 27.6 Å². The Labute approximate surface area is 196 Å². The van der Waals surface area contributed by atoms with Gasteiger partial charge in [0.1, 0.15) is 10.6 Å². The Hall–Kier alpha value is -2.95. The SMILES string of the molecule is COc1ccc(NC(=O)C2CCN(S(=O)(=O)c3cc(-c4noc(C)n4)ccc3Cl)CC2)cc1. The first-order chi connectivity index (χ1) is 15.8. The molecule has 1 aromatic heterocycles. The molecule has 4 rings (SSSR count). The first kappa shape index (κ1) is 23.2. The maximum absolute atomic E-state index is 13.3. The third kappa shape index (κ3) is 5.02. The molecule has 1 saturated heterocycles. The number of carbonyl (C=O) groups is 1. The number of anilines is 1. The number of rotatable bonds is 6. The van der Waals surface area contributed by atoms with Crippen molar-refractivity contribution in [3.05, 3.63) is 53.4 Å². The molecule has 2 heterocycles. The van der Waals surface area contributed by atoms with E-state index in [4.69, 9.17) is 20.9 Å². The van der Waals surface area contributed by atoms with E-state index < -0.39 is 10.0 Å². The summed E-state index contributed by atoms with van der Waals surface area (Å²) in [5.74, 6) is 0.935. The zero-order chi connectivity index (χ0) is 23.6. The van der Waals surface area contributed by atoms with Gasteiger partial charge in [-0.15, -0.1) is 0 Å². The van der Waals surface area contributed by atoms with Crippen LogP contribution >= 0.6 is 11.6 Å². The Balaban J connectivity index is 1.44. The molecule has 3 aromatic rings. The van der Waals surface area contributed by atoms with Gasteiger partial charge in [0.05, 0.1) is 12.1 Å². The third-order valence-electron chi connectivity index (χ3n) is 5.52. The Morgan fingerprint density at radius 1 is 1.18 bits per heavy atom. The minimum absolute atomic E-state index is 0.0229. The lowest BCUT2D eigenvalue weighted by Gasteiger charge is -2.30. The second kappa shape index (κ2) is 9.50. The highest BCUT2D eigenvalue weighted by atomic mass is 35.5. The van der Waals surface area contributed by atoms with E-state index in [1.807, 2.05) is 0 Å². The van der Waals surface area contributed by atoms with Gasteiger partial charge in [-0.2, -0.15) is 9.29 Å². The van der Waals surface area contributed by atoms with E-state index in [9.17, 15) is 13.2 Å². The van der Waals surface area contributed by atoms with Crippen LogP contribution in [0.15, 0.2) is 51.9 Å². The third-order valence-corrected chi connectivity index (χ3v) is 7.90. The van der Waals surface area contributed by atoms with E-state index in [0.29, 0.717) is 35.7 Å². The van der Waals surface area contributed by atoms with Crippen molar-refractivity contribution >= 4 is 33.2 Å². The fourth-order valence-electron chi connectivity index (χ4n) is 3.67. The zero-order valence-electron chi connectivity index (χ0n) is 18.1. The summed E-state index contributed by atoms with van der Waals surface area (Å²) in [6.45, 7) is 2.08. The molecule has 1 amide bonds. The van der Waals surface area contributed by atoms with Crippen LogP contribution in [0.1, 0.15) is 18.7 Å². The van der Waals surface area contributed by atoms with Crippen molar-refractivity contribution in [2.75, 3.05) is 25.5 Å². The number of aromatic nitrogens is 2. The van der Waals surface area contributed by atoms with Crippen molar-refractivity contribution in [2.24, 2.45) is 5.92 Å². The van der Waals surface area contributed by atoms with E-state index in [-0.39, 0.29) is 40.7 Å². The van der Waals surface area contributed by atoms with Gasteiger partial charge in [-0.05, 0) is 55.3 Å². The molecule has 1 fully saturated rings. The predicted molar refractivity (Wildman–Crippen MR) is 123 cm³/mol. The number of ether oxygens (including phenoxy) is 1. The Morgan fingerprint density at radius 3 is 2.48 bits per heavy atom. The van der Waals surface area contributed by atoms with Crippen LogP contribution in [0, 0.1) is 12.8 Å². The highest BCUT2D eigenvalue weighted by molar-refractivity contribution is 7.89. The fourth-order valence-corrected chi connectivity index (χ4v) is 5.64. The molecule has 0 spiro atoms. The van der Waals surface area contributed by atoms with Crippen LogP contribution in [0.5, 0.6) is 5.75 Å². The number of carbonyl (C=O) groups excluding carboxylic acids is 1. The minimum atomic E-state index is -3.86. The highest BCUT2D eigenvalue weighted by Crippen LogP contribution is 2.31. The molecule has 174 valence electrons. The second-order valence-corrected chi connectivity index (χ2v) is 9.99. The van der Waals surface area contributed by atoms with Crippen molar-refractivity contribution in [1.82, 2.24) is 14.4 Å². The highest BCUT2D eigenvalue weighted by Gasteiger charge is 2.33.